The van der Waals surface area contributed by atoms with Gasteiger partial charge in [0.05, 0.1) is 0 Å². The van der Waals surface area contributed by atoms with E-state index in [9.17, 15) is 0 Å². The van der Waals surface area contributed by atoms with Gasteiger partial charge in [-0.05, 0) is 44.9 Å². The van der Waals surface area contributed by atoms with Crippen LogP contribution in [0, 0.1) is 0 Å². The van der Waals surface area contributed by atoms with Crippen LogP contribution in [0.4, 0.5) is 0 Å². The topological polar surface area (TPSA) is 30.9 Å². The average Bonchev–Trinajstić information content (AvgIpc) is 2.65. The molecular weight excluding hydrogens is 220 g/mol. The first kappa shape index (κ1) is 13.2. The second-order valence-electron chi connectivity index (χ2n) is 5.19. The molecule has 0 bridgehead atoms. The molecule has 0 amide bonds. The molecule has 98 valence electrons. The minimum absolute atomic E-state index is 0.503. The van der Waals surface area contributed by atoms with Crippen LogP contribution < -0.4 is 5.73 Å². The second kappa shape index (κ2) is 5.57. The molecule has 1 heterocycles. The second-order valence-corrected chi connectivity index (χ2v) is 5.19. The van der Waals surface area contributed by atoms with Crippen molar-refractivity contribution < 1.29 is 0 Å². The van der Waals surface area contributed by atoms with E-state index >= 15 is 0 Å². The molecule has 0 spiro atoms. The highest BCUT2D eigenvalue weighted by Crippen LogP contribution is 2.30. The Hall–Kier alpha value is -1.28. The summed E-state index contributed by atoms with van der Waals surface area (Å²) in [7, 11) is 0. The third-order valence-electron chi connectivity index (χ3n) is 3.53. The molecule has 2 aromatic rings. The van der Waals surface area contributed by atoms with Crippen molar-refractivity contribution >= 4 is 10.9 Å². The monoisotopic (exact) mass is 244 g/mol. The number of hydrogen-bond acceptors (Lipinski definition) is 1. The van der Waals surface area contributed by atoms with Crippen LogP contribution >= 0.6 is 0 Å². The van der Waals surface area contributed by atoms with Gasteiger partial charge in [0.2, 0.25) is 0 Å². The van der Waals surface area contributed by atoms with Gasteiger partial charge in [0, 0.05) is 22.6 Å². The smallest absolute Gasteiger partial charge is 0.0487 e. The van der Waals surface area contributed by atoms with Crippen molar-refractivity contribution in [2.75, 3.05) is 6.54 Å². The highest BCUT2D eigenvalue weighted by Gasteiger charge is 2.16. The molecule has 0 aliphatic carbocycles. The summed E-state index contributed by atoms with van der Waals surface area (Å²) < 4.78 is 2.49. The van der Waals surface area contributed by atoms with Crippen molar-refractivity contribution in [3.63, 3.8) is 0 Å². The summed E-state index contributed by atoms with van der Waals surface area (Å²) in [5.74, 6) is 0. The third-order valence-corrected chi connectivity index (χ3v) is 3.53. The fraction of sp³-hybridized carbons (Fsp3) is 0.500. The first-order valence-corrected chi connectivity index (χ1v) is 7.01. The molecule has 2 rings (SSSR count). The summed E-state index contributed by atoms with van der Waals surface area (Å²) in [6, 6.07) is 9.22. The van der Waals surface area contributed by atoms with Crippen molar-refractivity contribution in [2.24, 2.45) is 5.73 Å². The maximum Gasteiger partial charge on any atom is 0.0487 e. The Morgan fingerprint density at radius 1 is 1.17 bits per heavy atom. The summed E-state index contributed by atoms with van der Waals surface area (Å²) in [6.45, 7) is 7.49. The van der Waals surface area contributed by atoms with Crippen LogP contribution in [0.25, 0.3) is 10.9 Å². The lowest BCUT2D eigenvalue weighted by Crippen LogP contribution is -2.09. The largest absolute Gasteiger partial charge is 0.342 e. The molecule has 0 aliphatic heterocycles. The molecule has 0 saturated carbocycles. The van der Waals surface area contributed by atoms with Crippen molar-refractivity contribution in [3.8, 4) is 0 Å². The molecular formula is C16H24N2. The van der Waals surface area contributed by atoms with Gasteiger partial charge >= 0.3 is 0 Å². The van der Waals surface area contributed by atoms with E-state index in [0.29, 0.717) is 6.04 Å². The highest BCUT2D eigenvalue weighted by atomic mass is 15.0. The number of nitrogens with zero attached hydrogens (tertiary/aromatic N) is 1. The zero-order valence-electron chi connectivity index (χ0n) is 11.7. The Morgan fingerprint density at radius 2 is 1.89 bits per heavy atom. The SMILES string of the molecule is CCCc1c(CCN)c2ccccc2n1C(C)C. The van der Waals surface area contributed by atoms with Gasteiger partial charge in [-0.2, -0.15) is 0 Å². The predicted molar refractivity (Wildman–Crippen MR) is 79.1 cm³/mol. The number of hydrogen-bond donors (Lipinski definition) is 1. The predicted octanol–water partition coefficient (Wildman–Crippen LogP) is 3.68. The fourth-order valence-electron chi connectivity index (χ4n) is 2.91. The molecule has 0 unspecified atom stereocenters. The molecule has 0 saturated heterocycles. The van der Waals surface area contributed by atoms with Crippen LogP contribution in [0.2, 0.25) is 0 Å². The summed E-state index contributed by atoms with van der Waals surface area (Å²) in [6.07, 6.45) is 3.30. The molecule has 18 heavy (non-hydrogen) atoms. The van der Waals surface area contributed by atoms with Crippen LogP contribution in [-0.2, 0) is 12.8 Å². The lowest BCUT2D eigenvalue weighted by Gasteiger charge is -2.15. The zero-order valence-corrected chi connectivity index (χ0v) is 11.7. The molecule has 0 radical (unpaired) electrons. The number of benzene rings is 1. The van der Waals surface area contributed by atoms with E-state index in [1.807, 2.05) is 0 Å². The van der Waals surface area contributed by atoms with Crippen molar-refractivity contribution in [1.82, 2.24) is 4.57 Å². The first-order chi connectivity index (χ1) is 8.70. The minimum atomic E-state index is 0.503. The van der Waals surface area contributed by atoms with E-state index < -0.39 is 0 Å². The third kappa shape index (κ3) is 2.17. The number of rotatable bonds is 5. The van der Waals surface area contributed by atoms with Crippen molar-refractivity contribution in [2.45, 2.75) is 46.1 Å². The molecule has 0 fully saturated rings. The van der Waals surface area contributed by atoms with E-state index in [1.165, 1.54) is 28.6 Å². The highest BCUT2D eigenvalue weighted by molar-refractivity contribution is 5.85. The first-order valence-electron chi connectivity index (χ1n) is 7.01. The molecule has 2 N–H and O–H groups in total. The van der Waals surface area contributed by atoms with Crippen LogP contribution in [0.3, 0.4) is 0 Å². The molecule has 0 atom stereocenters. The Balaban J connectivity index is 2.72. The Labute approximate surface area is 110 Å². The van der Waals surface area contributed by atoms with Gasteiger partial charge in [-0.15, -0.1) is 0 Å². The fourth-order valence-corrected chi connectivity index (χ4v) is 2.91. The summed E-state index contributed by atoms with van der Waals surface area (Å²) in [5, 5.41) is 1.39. The standard InChI is InChI=1S/C16H24N2/c1-4-7-15-14(10-11-17)13-8-5-6-9-16(13)18(15)12(2)3/h5-6,8-9,12H,4,7,10-11,17H2,1-3H3. The van der Waals surface area contributed by atoms with E-state index in [2.05, 4.69) is 49.6 Å². The van der Waals surface area contributed by atoms with Crippen LogP contribution in [0.1, 0.15) is 44.5 Å². The van der Waals surface area contributed by atoms with E-state index in [4.69, 9.17) is 5.73 Å². The lowest BCUT2D eigenvalue weighted by atomic mass is 10.1. The number of fused-ring (bicyclic) bond motifs is 1. The average molecular weight is 244 g/mol. The Kier molecular flexibility index (Phi) is 4.07. The van der Waals surface area contributed by atoms with Gasteiger partial charge < -0.3 is 10.3 Å². The van der Waals surface area contributed by atoms with Crippen molar-refractivity contribution in [3.05, 3.63) is 35.5 Å². The van der Waals surface area contributed by atoms with Crippen LogP contribution in [-0.4, -0.2) is 11.1 Å². The van der Waals surface area contributed by atoms with E-state index in [0.717, 1.165) is 19.4 Å². The van der Waals surface area contributed by atoms with Crippen molar-refractivity contribution in [1.29, 1.82) is 0 Å². The van der Waals surface area contributed by atoms with Gasteiger partial charge in [0.1, 0.15) is 0 Å². The number of para-hydroxylation sites is 1. The van der Waals surface area contributed by atoms with Gasteiger partial charge in [0.15, 0.2) is 0 Å². The van der Waals surface area contributed by atoms with E-state index in [1.54, 1.807) is 0 Å². The Morgan fingerprint density at radius 3 is 2.50 bits per heavy atom. The quantitative estimate of drug-likeness (QED) is 0.854. The molecule has 1 aromatic heterocycles. The van der Waals surface area contributed by atoms with Gasteiger partial charge in [-0.3, -0.25) is 0 Å². The normalized spacial score (nSPS) is 11.6. The van der Waals surface area contributed by atoms with Gasteiger partial charge in [0.25, 0.3) is 0 Å². The number of aromatic nitrogens is 1. The zero-order chi connectivity index (χ0) is 13.1. The summed E-state index contributed by atoms with van der Waals surface area (Å²) in [5.41, 5.74) is 10.1. The molecule has 1 aromatic carbocycles. The lowest BCUT2D eigenvalue weighted by molar-refractivity contribution is 0.586. The molecule has 2 nitrogen and oxygen atoms in total. The van der Waals surface area contributed by atoms with E-state index in [-0.39, 0.29) is 0 Å². The maximum atomic E-state index is 5.79. The number of nitrogens with two attached hydrogens (primary N) is 1. The molecule has 2 heteroatoms. The Bertz CT molecular complexity index is 523. The van der Waals surface area contributed by atoms with Gasteiger partial charge in [-0.1, -0.05) is 31.5 Å². The van der Waals surface area contributed by atoms with Crippen LogP contribution in [0.5, 0.6) is 0 Å². The van der Waals surface area contributed by atoms with Crippen LogP contribution in [0.15, 0.2) is 24.3 Å². The minimum Gasteiger partial charge on any atom is -0.342 e. The maximum absolute atomic E-state index is 5.79. The van der Waals surface area contributed by atoms with Gasteiger partial charge in [-0.25, -0.2) is 0 Å². The summed E-state index contributed by atoms with van der Waals surface area (Å²) in [4.78, 5) is 0. The molecule has 0 aliphatic rings. The summed E-state index contributed by atoms with van der Waals surface area (Å²) >= 11 is 0.